The SMILES string of the molecule is CC(C)(C)C(NC(=O)CCc1n[nH]c(=O)c2ccccc12)C(=O)I. The van der Waals surface area contributed by atoms with Crippen LogP contribution in [0.15, 0.2) is 29.1 Å². The lowest BCUT2D eigenvalue weighted by molar-refractivity contribution is -0.126. The summed E-state index contributed by atoms with van der Waals surface area (Å²) in [5.41, 5.74) is 0.0622. The average molecular weight is 441 g/mol. The zero-order valence-corrected chi connectivity index (χ0v) is 16.0. The molecule has 2 rings (SSSR count). The van der Waals surface area contributed by atoms with E-state index in [0.29, 0.717) is 17.5 Å². The Kier molecular flexibility index (Phi) is 5.74. The number of halogens is 1. The van der Waals surface area contributed by atoms with Crippen LogP contribution in [0.3, 0.4) is 0 Å². The summed E-state index contributed by atoms with van der Waals surface area (Å²) in [4.78, 5) is 35.7. The number of carbonyl (C=O) groups is 2. The van der Waals surface area contributed by atoms with E-state index in [2.05, 4.69) is 15.5 Å². The van der Waals surface area contributed by atoms with Gasteiger partial charge in [-0.05, 0) is 11.5 Å². The molecule has 1 unspecified atom stereocenters. The first kappa shape index (κ1) is 18.6. The molecule has 0 fully saturated rings. The number of carbonyl (C=O) groups excluding carboxylic acids is 2. The molecule has 24 heavy (non-hydrogen) atoms. The van der Waals surface area contributed by atoms with E-state index in [0.717, 1.165) is 5.39 Å². The van der Waals surface area contributed by atoms with Crippen LogP contribution in [-0.4, -0.2) is 25.9 Å². The quantitative estimate of drug-likeness (QED) is 0.551. The molecular formula is C17H20IN3O3. The van der Waals surface area contributed by atoms with Gasteiger partial charge < -0.3 is 5.32 Å². The van der Waals surface area contributed by atoms with Crippen molar-refractivity contribution in [3.63, 3.8) is 0 Å². The highest BCUT2D eigenvalue weighted by Crippen LogP contribution is 2.22. The molecule has 2 aromatic rings. The third kappa shape index (κ3) is 4.40. The predicted octanol–water partition coefficient (Wildman–Crippen LogP) is 2.35. The second-order valence-electron chi connectivity index (χ2n) is 6.72. The van der Waals surface area contributed by atoms with Crippen molar-refractivity contribution in [1.82, 2.24) is 15.5 Å². The van der Waals surface area contributed by atoms with Crippen molar-refractivity contribution in [3.8, 4) is 0 Å². The van der Waals surface area contributed by atoms with Crippen molar-refractivity contribution < 1.29 is 9.59 Å². The van der Waals surface area contributed by atoms with E-state index in [1.165, 1.54) is 0 Å². The van der Waals surface area contributed by atoms with Crippen LogP contribution in [-0.2, 0) is 16.0 Å². The van der Waals surface area contributed by atoms with Crippen LogP contribution in [0.2, 0.25) is 0 Å². The van der Waals surface area contributed by atoms with E-state index in [1.807, 2.05) is 32.9 Å². The molecule has 0 aliphatic carbocycles. The van der Waals surface area contributed by atoms with Crippen molar-refractivity contribution >= 4 is 43.1 Å². The normalized spacial score (nSPS) is 12.8. The Hall–Kier alpha value is -1.77. The molecule has 0 radical (unpaired) electrons. The lowest BCUT2D eigenvalue weighted by atomic mass is 9.87. The Balaban J connectivity index is 2.11. The van der Waals surface area contributed by atoms with Gasteiger partial charge in [0.1, 0.15) is 6.04 Å². The minimum Gasteiger partial charge on any atom is -0.345 e. The number of aromatic nitrogens is 2. The van der Waals surface area contributed by atoms with E-state index in [1.54, 1.807) is 34.7 Å². The largest absolute Gasteiger partial charge is 0.345 e. The molecule has 0 bridgehead atoms. The van der Waals surface area contributed by atoms with Crippen molar-refractivity contribution in [2.45, 2.75) is 39.7 Å². The summed E-state index contributed by atoms with van der Waals surface area (Å²) in [5.74, 6) is -0.211. The lowest BCUT2D eigenvalue weighted by Gasteiger charge is -2.28. The number of rotatable bonds is 5. The number of hydrogen-bond donors (Lipinski definition) is 2. The highest BCUT2D eigenvalue weighted by Gasteiger charge is 2.30. The first-order valence-electron chi connectivity index (χ1n) is 7.65. The molecule has 1 amide bonds. The van der Waals surface area contributed by atoms with E-state index in [9.17, 15) is 14.4 Å². The molecule has 0 spiro atoms. The van der Waals surface area contributed by atoms with Crippen molar-refractivity contribution in [2.75, 3.05) is 0 Å². The number of fused-ring (bicyclic) bond motifs is 1. The molecule has 0 aliphatic rings. The van der Waals surface area contributed by atoms with Gasteiger partial charge in [-0.15, -0.1) is 0 Å². The molecule has 7 heteroatoms. The van der Waals surface area contributed by atoms with E-state index in [4.69, 9.17) is 0 Å². The summed E-state index contributed by atoms with van der Waals surface area (Å²) in [5, 5.41) is 10.6. The molecule has 1 heterocycles. The van der Waals surface area contributed by atoms with E-state index < -0.39 is 6.04 Å². The number of amides is 1. The number of aromatic amines is 1. The second-order valence-corrected chi connectivity index (χ2v) is 7.78. The van der Waals surface area contributed by atoms with Crippen molar-refractivity contribution in [3.05, 3.63) is 40.3 Å². The molecule has 1 aromatic carbocycles. The monoisotopic (exact) mass is 441 g/mol. The standard InChI is InChI=1S/C17H20IN3O3/c1-17(2,3)14(15(18)23)19-13(22)9-8-12-10-6-4-5-7-11(10)16(24)21-20-12/h4-7,14H,8-9H2,1-3H3,(H,19,22)(H,21,24). The highest BCUT2D eigenvalue weighted by molar-refractivity contribution is 14.1. The minimum atomic E-state index is -0.536. The summed E-state index contributed by atoms with van der Waals surface area (Å²) in [7, 11) is 0. The maximum atomic E-state index is 12.2. The molecule has 2 N–H and O–H groups in total. The number of aryl methyl sites for hydroxylation is 1. The van der Waals surface area contributed by atoms with Gasteiger partial charge in [0, 0.05) is 40.8 Å². The van der Waals surface area contributed by atoms with Gasteiger partial charge in [-0.1, -0.05) is 39.0 Å². The Bertz CT molecular complexity index is 824. The average Bonchev–Trinajstić information content (AvgIpc) is 2.51. The van der Waals surface area contributed by atoms with Crippen LogP contribution in [0.4, 0.5) is 0 Å². The van der Waals surface area contributed by atoms with Crippen LogP contribution < -0.4 is 10.9 Å². The van der Waals surface area contributed by atoms with Gasteiger partial charge in [0.15, 0.2) is 0 Å². The van der Waals surface area contributed by atoms with Gasteiger partial charge in [-0.3, -0.25) is 14.4 Å². The fourth-order valence-corrected chi connectivity index (χ4v) is 3.53. The summed E-state index contributed by atoms with van der Waals surface area (Å²) >= 11 is 1.71. The zero-order chi connectivity index (χ0) is 17.9. The smallest absolute Gasteiger partial charge is 0.272 e. The van der Waals surface area contributed by atoms with Crippen LogP contribution in [0.25, 0.3) is 10.8 Å². The maximum absolute atomic E-state index is 12.2. The molecule has 0 aliphatic heterocycles. The Morgan fingerprint density at radius 3 is 2.46 bits per heavy atom. The van der Waals surface area contributed by atoms with Crippen LogP contribution in [0, 0.1) is 5.41 Å². The third-order valence-corrected chi connectivity index (χ3v) is 4.38. The van der Waals surface area contributed by atoms with Crippen LogP contribution in [0.5, 0.6) is 0 Å². The first-order chi connectivity index (χ1) is 11.2. The Morgan fingerprint density at radius 1 is 1.25 bits per heavy atom. The number of hydrogen-bond acceptors (Lipinski definition) is 4. The maximum Gasteiger partial charge on any atom is 0.272 e. The molecule has 1 atom stereocenters. The van der Waals surface area contributed by atoms with Crippen LogP contribution >= 0.6 is 22.6 Å². The van der Waals surface area contributed by atoms with Crippen LogP contribution in [0.1, 0.15) is 32.9 Å². The molecule has 0 saturated carbocycles. The van der Waals surface area contributed by atoms with E-state index in [-0.39, 0.29) is 27.1 Å². The summed E-state index contributed by atoms with van der Waals surface area (Å²) < 4.78 is -0.0962. The van der Waals surface area contributed by atoms with Crippen molar-refractivity contribution in [1.29, 1.82) is 0 Å². The molecule has 0 saturated heterocycles. The molecule has 128 valence electrons. The summed E-state index contributed by atoms with van der Waals surface area (Å²) in [6.45, 7) is 5.72. The third-order valence-electron chi connectivity index (χ3n) is 3.76. The molecular weight excluding hydrogens is 421 g/mol. The Labute approximate surface area is 153 Å². The number of nitrogens with one attached hydrogen (secondary N) is 2. The topological polar surface area (TPSA) is 91.9 Å². The number of nitrogens with zero attached hydrogens (tertiary/aromatic N) is 1. The molecule has 6 nitrogen and oxygen atoms in total. The fraction of sp³-hybridized carbons (Fsp3) is 0.412. The van der Waals surface area contributed by atoms with Gasteiger partial charge in [0.05, 0.1) is 11.1 Å². The lowest BCUT2D eigenvalue weighted by Crippen LogP contribution is -2.47. The van der Waals surface area contributed by atoms with Gasteiger partial charge >= 0.3 is 0 Å². The summed E-state index contributed by atoms with van der Waals surface area (Å²) in [6, 6.07) is 6.62. The number of benzene rings is 1. The van der Waals surface area contributed by atoms with Crippen molar-refractivity contribution in [2.24, 2.45) is 5.41 Å². The zero-order valence-electron chi connectivity index (χ0n) is 13.9. The predicted molar refractivity (Wildman–Crippen MR) is 101 cm³/mol. The molecule has 1 aromatic heterocycles. The second kappa shape index (κ2) is 7.42. The minimum absolute atomic E-state index is 0.0962. The summed E-state index contributed by atoms with van der Waals surface area (Å²) in [6.07, 6.45) is 0.578. The van der Waals surface area contributed by atoms with E-state index >= 15 is 0 Å². The van der Waals surface area contributed by atoms with Gasteiger partial charge in [-0.2, -0.15) is 5.10 Å². The van der Waals surface area contributed by atoms with Gasteiger partial charge in [-0.25, -0.2) is 5.10 Å². The van der Waals surface area contributed by atoms with Gasteiger partial charge in [0.2, 0.25) is 9.70 Å². The first-order valence-corrected chi connectivity index (χ1v) is 8.73. The highest BCUT2D eigenvalue weighted by atomic mass is 127. The van der Waals surface area contributed by atoms with Gasteiger partial charge in [0.25, 0.3) is 5.56 Å². The number of H-pyrrole nitrogens is 1. The fourth-order valence-electron chi connectivity index (χ4n) is 2.44. The Morgan fingerprint density at radius 2 is 1.88 bits per heavy atom.